The molecule has 32 heavy (non-hydrogen) atoms. The van der Waals surface area contributed by atoms with Crippen molar-refractivity contribution in [1.82, 2.24) is 5.32 Å². The molecule has 0 fully saturated rings. The van der Waals surface area contributed by atoms with Crippen LogP contribution in [0, 0.1) is 0 Å². The van der Waals surface area contributed by atoms with Crippen LogP contribution in [0.25, 0.3) is 0 Å². The molecule has 0 radical (unpaired) electrons. The monoisotopic (exact) mass is 474 g/mol. The molecule has 7 nitrogen and oxygen atoms in total. The number of carbonyl (C=O) groups excluding carboxylic acids is 1. The lowest BCUT2D eigenvalue weighted by molar-refractivity contribution is -0.123. The molecule has 0 aromatic heterocycles. The largest absolute Gasteiger partial charge is 0.497 e. The Kier molecular flexibility index (Phi) is 7.61. The summed E-state index contributed by atoms with van der Waals surface area (Å²) in [5.41, 5.74) is 1.35. The fraction of sp³-hybridized carbons (Fsp3) is 0.174. The number of hydrogen-bond donors (Lipinski definition) is 2. The van der Waals surface area contributed by atoms with Crippen molar-refractivity contribution in [2.45, 2.75) is 17.9 Å². The normalized spacial score (nSPS) is 12.0. The lowest BCUT2D eigenvalue weighted by atomic mass is 10.1. The molecule has 1 atom stereocenters. The van der Waals surface area contributed by atoms with Crippen molar-refractivity contribution in [2.75, 3.05) is 18.4 Å². The first-order valence-corrected chi connectivity index (χ1v) is 11.6. The van der Waals surface area contributed by atoms with Crippen LogP contribution in [0.1, 0.15) is 18.5 Å². The van der Waals surface area contributed by atoms with E-state index in [2.05, 4.69) is 10.0 Å². The Hall–Kier alpha value is -3.23. The van der Waals surface area contributed by atoms with E-state index >= 15 is 0 Å². The second kappa shape index (κ2) is 10.4. The quantitative estimate of drug-likeness (QED) is 0.479. The van der Waals surface area contributed by atoms with Crippen molar-refractivity contribution >= 4 is 33.2 Å². The average molecular weight is 475 g/mol. The summed E-state index contributed by atoms with van der Waals surface area (Å²) in [6, 6.07) is 19.9. The van der Waals surface area contributed by atoms with Crippen molar-refractivity contribution in [1.29, 1.82) is 0 Å². The molecule has 2 N–H and O–H groups in total. The molecule has 0 unspecified atom stereocenters. The second-order valence-corrected chi connectivity index (χ2v) is 9.00. The number of nitrogens with one attached hydrogen (secondary N) is 2. The molecular weight excluding hydrogens is 452 g/mol. The van der Waals surface area contributed by atoms with Gasteiger partial charge in [-0.05, 0) is 55.0 Å². The average Bonchev–Trinajstić information content (AvgIpc) is 2.79. The smallest absolute Gasteiger partial charge is 0.261 e. The molecule has 0 aliphatic heterocycles. The molecule has 0 bridgehead atoms. The third kappa shape index (κ3) is 6.15. The number of carbonyl (C=O) groups is 1. The maximum absolute atomic E-state index is 12.6. The zero-order valence-electron chi connectivity index (χ0n) is 17.5. The van der Waals surface area contributed by atoms with Crippen molar-refractivity contribution < 1.29 is 22.7 Å². The summed E-state index contributed by atoms with van der Waals surface area (Å²) in [4.78, 5) is 12.2. The third-order valence-electron chi connectivity index (χ3n) is 4.59. The van der Waals surface area contributed by atoms with E-state index in [9.17, 15) is 13.2 Å². The van der Waals surface area contributed by atoms with E-state index in [-0.39, 0.29) is 34.2 Å². The van der Waals surface area contributed by atoms with Gasteiger partial charge in [0.1, 0.15) is 11.5 Å². The van der Waals surface area contributed by atoms with Crippen LogP contribution in [0.4, 0.5) is 5.69 Å². The molecular formula is C23H23ClN2O5S. The Labute approximate surface area is 192 Å². The fourth-order valence-corrected chi connectivity index (χ4v) is 4.27. The van der Waals surface area contributed by atoms with Gasteiger partial charge in [0, 0.05) is 5.69 Å². The predicted octanol–water partition coefficient (Wildman–Crippen LogP) is 4.41. The van der Waals surface area contributed by atoms with Crippen LogP contribution in [0.2, 0.25) is 5.02 Å². The van der Waals surface area contributed by atoms with E-state index in [1.807, 2.05) is 37.3 Å². The summed E-state index contributed by atoms with van der Waals surface area (Å²) < 4.78 is 38.3. The summed E-state index contributed by atoms with van der Waals surface area (Å²) in [6.07, 6.45) is 0. The maximum Gasteiger partial charge on any atom is 0.261 e. The highest BCUT2D eigenvalue weighted by Gasteiger charge is 2.17. The molecule has 3 aromatic carbocycles. The third-order valence-corrected chi connectivity index (χ3v) is 6.27. The number of halogens is 1. The Bertz CT molecular complexity index is 1170. The van der Waals surface area contributed by atoms with Crippen LogP contribution in [0.15, 0.2) is 77.7 Å². The van der Waals surface area contributed by atoms with Gasteiger partial charge < -0.3 is 14.8 Å². The fourth-order valence-electron chi connectivity index (χ4n) is 2.89. The minimum absolute atomic E-state index is 0.0344. The van der Waals surface area contributed by atoms with Crippen LogP contribution in [-0.4, -0.2) is 28.0 Å². The molecule has 168 valence electrons. The summed E-state index contributed by atoms with van der Waals surface area (Å²) in [7, 11) is -2.33. The Morgan fingerprint density at radius 1 is 1.03 bits per heavy atom. The maximum atomic E-state index is 12.6. The highest BCUT2D eigenvalue weighted by Crippen LogP contribution is 2.28. The first-order valence-electron chi connectivity index (χ1n) is 9.72. The highest BCUT2D eigenvalue weighted by atomic mass is 35.5. The standard InChI is InChI=1S/C23H23ClN2O5S/c1-16(17-6-4-3-5-7-17)25-23(27)15-31-22-13-12-20(14-21(22)24)32(28,29)26-18-8-10-19(30-2)11-9-18/h3-14,16,26H,15H2,1-2H3,(H,25,27)/t16-/m1/s1. The molecule has 3 aromatic rings. The number of hydrogen-bond acceptors (Lipinski definition) is 5. The number of benzene rings is 3. The first-order chi connectivity index (χ1) is 15.3. The van der Waals surface area contributed by atoms with Gasteiger partial charge in [0.05, 0.1) is 23.1 Å². The van der Waals surface area contributed by atoms with Gasteiger partial charge >= 0.3 is 0 Å². The SMILES string of the molecule is COc1ccc(NS(=O)(=O)c2ccc(OCC(=O)N[C@H](C)c3ccccc3)c(Cl)c2)cc1. The minimum Gasteiger partial charge on any atom is -0.497 e. The summed E-state index contributed by atoms with van der Waals surface area (Å²) >= 11 is 6.20. The lowest BCUT2D eigenvalue weighted by Crippen LogP contribution is -2.31. The van der Waals surface area contributed by atoms with Gasteiger partial charge in [-0.3, -0.25) is 9.52 Å². The van der Waals surface area contributed by atoms with Crippen LogP contribution in [0.5, 0.6) is 11.5 Å². The van der Waals surface area contributed by atoms with Crippen LogP contribution >= 0.6 is 11.6 Å². The number of amides is 1. The van der Waals surface area contributed by atoms with E-state index in [1.54, 1.807) is 24.3 Å². The number of ether oxygens (including phenoxy) is 2. The van der Waals surface area contributed by atoms with Gasteiger partial charge in [0.2, 0.25) is 0 Å². The molecule has 3 rings (SSSR count). The topological polar surface area (TPSA) is 93.7 Å². The Morgan fingerprint density at radius 2 is 1.72 bits per heavy atom. The lowest BCUT2D eigenvalue weighted by Gasteiger charge is -2.15. The molecule has 0 spiro atoms. The van der Waals surface area contributed by atoms with E-state index in [0.717, 1.165) is 5.56 Å². The first kappa shape index (κ1) is 23.4. The number of rotatable bonds is 9. The van der Waals surface area contributed by atoms with E-state index < -0.39 is 10.0 Å². The van der Waals surface area contributed by atoms with Gasteiger partial charge in [0.25, 0.3) is 15.9 Å². The summed E-state index contributed by atoms with van der Waals surface area (Å²) in [5, 5.41) is 2.91. The Morgan fingerprint density at radius 3 is 2.34 bits per heavy atom. The summed E-state index contributed by atoms with van der Waals surface area (Å²) in [6.45, 7) is 1.61. The molecule has 0 saturated carbocycles. The van der Waals surface area contributed by atoms with Gasteiger partial charge in [0.15, 0.2) is 6.61 Å². The number of methoxy groups -OCH3 is 1. The Balaban J connectivity index is 1.60. The molecule has 0 aliphatic carbocycles. The molecule has 0 heterocycles. The van der Waals surface area contributed by atoms with Crippen LogP contribution in [-0.2, 0) is 14.8 Å². The highest BCUT2D eigenvalue weighted by molar-refractivity contribution is 7.92. The van der Waals surface area contributed by atoms with Crippen LogP contribution < -0.4 is 19.5 Å². The van der Waals surface area contributed by atoms with Crippen molar-refractivity contribution in [3.8, 4) is 11.5 Å². The minimum atomic E-state index is -3.86. The molecule has 0 saturated heterocycles. The van der Waals surface area contributed by atoms with E-state index in [1.165, 1.54) is 25.3 Å². The zero-order chi connectivity index (χ0) is 23.1. The van der Waals surface area contributed by atoms with Crippen molar-refractivity contribution in [3.05, 3.63) is 83.4 Å². The zero-order valence-corrected chi connectivity index (χ0v) is 19.1. The van der Waals surface area contributed by atoms with Gasteiger partial charge in [-0.25, -0.2) is 8.42 Å². The summed E-state index contributed by atoms with van der Waals surface area (Å²) in [5.74, 6) is 0.493. The van der Waals surface area contributed by atoms with Crippen molar-refractivity contribution in [3.63, 3.8) is 0 Å². The molecule has 9 heteroatoms. The molecule has 1 amide bonds. The van der Waals surface area contributed by atoms with Gasteiger partial charge in [-0.15, -0.1) is 0 Å². The van der Waals surface area contributed by atoms with Crippen LogP contribution in [0.3, 0.4) is 0 Å². The number of anilines is 1. The van der Waals surface area contributed by atoms with Gasteiger partial charge in [-0.2, -0.15) is 0 Å². The van der Waals surface area contributed by atoms with E-state index in [0.29, 0.717) is 11.4 Å². The van der Waals surface area contributed by atoms with Gasteiger partial charge in [-0.1, -0.05) is 41.9 Å². The second-order valence-electron chi connectivity index (χ2n) is 6.91. The molecule has 0 aliphatic rings. The van der Waals surface area contributed by atoms with Crippen molar-refractivity contribution in [2.24, 2.45) is 0 Å². The number of sulfonamides is 1. The van der Waals surface area contributed by atoms with E-state index in [4.69, 9.17) is 21.1 Å². The predicted molar refractivity (Wildman–Crippen MR) is 124 cm³/mol.